The van der Waals surface area contributed by atoms with E-state index in [9.17, 15) is 4.79 Å². The van der Waals surface area contributed by atoms with Crippen LogP contribution < -0.4 is 10.9 Å². The van der Waals surface area contributed by atoms with Gasteiger partial charge in [0.2, 0.25) is 0 Å². The number of pyridine rings is 1. The van der Waals surface area contributed by atoms with Gasteiger partial charge in [-0.1, -0.05) is 29.8 Å². The third kappa shape index (κ3) is 4.87. The van der Waals surface area contributed by atoms with E-state index in [1.165, 1.54) is 5.56 Å². The number of aromatic amines is 1. The Morgan fingerprint density at radius 3 is 2.62 bits per heavy atom. The molecule has 1 fully saturated rings. The summed E-state index contributed by atoms with van der Waals surface area (Å²) >= 11 is 5.82. The molecule has 5 nitrogen and oxygen atoms in total. The molecular weight excluding hydrogens is 418 g/mol. The summed E-state index contributed by atoms with van der Waals surface area (Å²) in [6.45, 7) is 10.1. The number of anilines is 1. The lowest BCUT2D eigenvalue weighted by atomic mass is 10.0. The summed E-state index contributed by atoms with van der Waals surface area (Å²) in [7, 11) is 0. The van der Waals surface area contributed by atoms with Gasteiger partial charge < -0.3 is 19.9 Å². The largest absolute Gasteiger partial charge is 0.376 e. The molecule has 1 aliphatic heterocycles. The van der Waals surface area contributed by atoms with E-state index in [-0.39, 0.29) is 11.7 Å². The van der Waals surface area contributed by atoms with E-state index < -0.39 is 0 Å². The minimum absolute atomic E-state index is 0.0714. The minimum Gasteiger partial charge on any atom is -0.376 e. The summed E-state index contributed by atoms with van der Waals surface area (Å²) in [5.74, 6) is 0. The second-order valence-corrected chi connectivity index (χ2v) is 9.26. The van der Waals surface area contributed by atoms with E-state index in [0.717, 1.165) is 52.7 Å². The van der Waals surface area contributed by atoms with E-state index in [2.05, 4.69) is 60.2 Å². The molecule has 168 valence electrons. The van der Waals surface area contributed by atoms with E-state index in [0.29, 0.717) is 23.8 Å². The van der Waals surface area contributed by atoms with Crippen LogP contribution in [0.3, 0.4) is 0 Å². The fraction of sp³-hybridized carbons (Fsp3) is 0.385. The zero-order chi connectivity index (χ0) is 22.8. The molecule has 2 aromatic carbocycles. The summed E-state index contributed by atoms with van der Waals surface area (Å²) in [5, 5.41) is 5.08. The standard InChI is InChI=1S/C26H31N3O2S/c1-16-7-10-23(19(4)12-16)27-26(32)29(15-21-6-5-11-31-21)14-20-13-22-17(2)8-9-18(3)24(22)28-25(20)30/h7-10,12-13,21H,5-6,11,14-15H2,1-4H3,(H,27,32)(H,28,30)/t21-/m1/s1. The van der Waals surface area contributed by atoms with Crippen molar-refractivity contribution in [1.82, 2.24) is 9.88 Å². The van der Waals surface area contributed by atoms with Crippen molar-refractivity contribution in [3.63, 3.8) is 0 Å². The van der Waals surface area contributed by atoms with Crippen LogP contribution in [0.25, 0.3) is 10.9 Å². The number of nitrogens with one attached hydrogen (secondary N) is 2. The second-order valence-electron chi connectivity index (χ2n) is 8.88. The van der Waals surface area contributed by atoms with Crippen LogP contribution >= 0.6 is 12.2 Å². The molecule has 4 rings (SSSR count). The Balaban J connectivity index is 1.64. The van der Waals surface area contributed by atoms with Crippen LogP contribution in [0.4, 0.5) is 5.69 Å². The predicted molar refractivity (Wildman–Crippen MR) is 136 cm³/mol. The van der Waals surface area contributed by atoms with Gasteiger partial charge in [-0.3, -0.25) is 4.79 Å². The molecular formula is C26H31N3O2S. The summed E-state index contributed by atoms with van der Waals surface area (Å²) < 4.78 is 5.88. The topological polar surface area (TPSA) is 57.4 Å². The quantitative estimate of drug-likeness (QED) is 0.528. The Kier molecular flexibility index (Phi) is 6.63. The molecule has 1 saturated heterocycles. The lowest BCUT2D eigenvalue weighted by molar-refractivity contribution is 0.0904. The molecule has 3 aromatic rings. The Bertz CT molecular complexity index is 1210. The smallest absolute Gasteiger partial charge is 0.253 e. The number of aryl methyl sites for hydroxylation is 4. The maximum Gasteiger partial charge on any atom is 0.253 e. The van der Waals surface area contributed by atoms with Crippen LogP contribution in [-0.4, -0.2) is 34.3 Å². The van der Waals surface area contributed by atoms with Gasteiger partial charge in [0.05, 0.1) is 18.2 Å². The Hall–Kier alpha value is -2.70. The summed E-state index contributed by atoms with van der Waals surface area (Å²) in [6, 6.07) is 12.4. The molecule has 1 aromatic heterocycles. The lowest BCUT2D eigenvalue weighted by Crippen LogP contribution is -2.40. The molecule has 0 radical (unpaired) electrons. The van der Waals surface area contributed by atoms with E-state index in [4.69, 9.17) is 17.0 Å². The second kappa shape index (κ2) is 9.43. The van der Waals surface area contributed by atoms with Crippen molar-refractivity contribution in [1.29, 1.82) is 0 Å². The number of H-pyrrole nitrogens is 1. The van der Waals surface area contributed by atoms with Crippen molar-refractivity contribution in [2.24, 2.45) is 0 Å². The predicted octanol–water partition coefficient (Wildman–Crippen LogP) is 5.14. The van der Waals surface area contributed by atoms with E-state index >= 15 is 0 Å². The number of rotatable bonds is 5. The molecule has 0 unspecified atom stereocenters. The van der Waals surface area contributed by atoms with Gasteiger partial charge >= 0.3 is 0 Å². The van der Waals surface area contributed by atoms with Crippen molar-refractivity contribution in [3.8, 4) is 0 Å². The van der Waals surface area contributed by atoms with Crippen LogP contribution in [0, 0.1) is 27.7 Å². The molecule has 1 atom stereocenters. The minimum atomic E-state index is -0.0714. The average Bonchev–Trinajstić information content (AvgIpc) is 3.26. The maximum absolute atomic E-state index is 13.0. The van der Waals surface area contributed by atoms with Gasteiger partial charge in [0.25, 0.3) is 5.56 Å². The van der Waals surface area contributed by atoms with Crippen LogP contribution in [0.1, 0.15) is 40.7 Å². The van der Waals surface area contributed by atoms with Crippen LogP contribution in [0.5, 0.6) is 0 Å². The number of thiocarbonyl (C=S) groups is 1. The highest BCUT2D eigenvalue weighted by Gasteiger charge is 2.22. The van der Waals surface area contributed by atoms with Gasteiger partial charge in [0, 0.05) is 29.8 Å². The Morgan fingerprint density at radius 2 is 1.91 bits per heavy atom. The molecule has 0 aliphatic carbocycles. The number of hydrogen-bond acceptors (Lipinski definition) is 3. The average molecular weight is 450 g/mol. The van der Waals surface area contributed by atoms with Gasteiger partial charge in [-0.15, -0.1) is 0 Å². The third-order valence-electron chi connectivity index (χ3n) is 6.24. The highest BCUT2D eigenvalue weighted by Crippen LogP contribution is 2.22. The number of ether oxygens (including phenoxy) is 1. The zero-order valence-electron chi connectivity index (χ0n) is 19.2. The number of fused-ring (bicyclic) bond motifs is 1. The first-order chi connectivity index (χ1) is 15.3. The SMILES string of the molecule is Cc1ccc(NC(=S)N(Cc2cc3c(C)ccc(C)c3[nH]c2=O)C[C@H]2CCCO2)c(C)c1. The fourth-order valence-electron chi connectivity index (χ4n) is 4.34. The summed E-state index contributed by atoms with van der Waals surface area (Å²) in [5.41, 5.74) is 7.08. The molecule has 2 heterocycles. The van der Waals surface area contributed by atoms with Crippen LogP contribution in [0.15, 0.2) is 41.2 Å². The van der Waals surface area contributed by atoms with E-state index in [1.54, 1.807) is 0 Å². The van der Waals surface area contributed by atoms with Gasteiger partial charge in [-0.25, -0.2) is 0 Å². The number of nitrogens with zero attached hydrogens (tertiary/aromatic N) is 1. The summed E-state index contributed by atoms with van der Waals surface area (Å²) in [4.78, 5) is 18.1. The number of benzene rings is 2. The van der Waals surface area contributed by atoms with Gasteiger partial charge in [0.15, 0.2) is 5.11 Å². The lowest BCUT2D eigenvalue weighted by Gasteiger charge is -2.28. The Morgan fingerprint density at radius 1 is 1.12 bits per heavy atom. The first-order valence-corrected chi connectivity index (χ1v) is 11.6. The molecule has 6 heteroatoms. The van der Waals surface area contributed by atoms with Crippen molar-refractivity contribution in [2.45, 2.75) is 53.2 Å². The molecule has 0 spiro atoms. The van der Waals surface area contributed by atoms with Gasteiger partial charge in [0.1, 0.15) is 0 Å². The summed E-state index contributed by atoms with van der Waals surface area (Å²) in [6.07, 6.45) is 2.19. The first-order valence-electron chi connectivity index (χ1n) is 11.2. The maximum atomic E-state index is 13.0. The molecule has 0 saturated carbocycles. The molecule has 2 N–H and O–H groups in total. The van der Waals surface area contributed by atoms with Gasteiger partial charge in [-0.05, 0) is 81.6 Å². The van der Waals surface area contributed by atoms with Crippen molar-refractivity contribution in [2.75, 3.05) is 18.5 Å². The van der Waals surface area contributed by atoms with Crippen molar-refractivity contribution in [3.05, 3.63) is 74.6 Å². The fourth-order valence-corrected chi connectivity index (χ4v) is 4.59. The third-order valence-corrected chi connectivity index (χ3v) is 6.60. The van der Waals surface area contributed by atoms with Crippen LogP contribution in [-0.2, 0) is 11.3 Å². The molecule has 0 amide bonds. The highest BCUT2D eigenvalue weighted by molar-refractivity contribution is 7.80. The van der Waals surface area contributed by atoms with Crippen LogP contribution in [0.2, 0.25) is 0 Å². The highest BCUT2D eigenvalue weighted by atomic mass is 32.1. The number of hydrogen-bond donors (Lipinski definition) is 2. The Labute approximate surface area is 194 Å². The molecule has 1 aliphatic rings. The normalized spacial score (nSPS) is 15.8. The first kappa shape index (κ1) is 22.5. The van der Waals surface area contributed by atoms with E-state index in [1.807, 2.05) is 19.1 Å². The zero-order valence-corrected chi connectivity index (χ0v) is 20.1. The van der Waals surface area contributed by atoms with Crippen molar-refractivity contribution >= 4 is 33.9 Å². The molecule has 0 bridgehead atoms. The molecule has 32 heavy (non-hydrogen) atoms. The monoisotopic (exact) mass is 449 g/mol. The van der Waals surface area contributed by atoms with Crippen molar-refractivity contribution < 1.29 is 4.74 Å². The number of aromatic nitrogens is 1. The van der Waals surface area contributed by atoms with Gasteiger partial charge in [-0.2, -0.15) is 0 Å².